The van der Waals surface area contributed by atoms with Crippen LogP contribution in [0.1, 0.15) is 32.6 Å². The molecule has 1 heterocycles. The molecular weight excluding hydrogens is 256 g/mol. The fourth-order valence-corrected chi connectivity index (χ4v) is 3.44. The normalized spacial score (nSPS) is 34.6. The van der Waals surface area contributed by atoms with Crippen molar-refractivity contribution in [3.05, 3.63) is 0 Å². The second-order valence-corrected chi connectivity index (χ2v) is 6.23. The van der Waals surface area contributed by atoms with Crippen LogP contribution in [0, 0.1) is 0 Å². The van der Waals surface area contributed by atoms with Gasteiger partial charge in [0.05, 0.1) is 18.1 Å². The van der Waals surface area contributed by atoms with Crippen LogP contribution in [0.2, 0.25) is 0 Å². The Kier molecular flexibility index (Phi) is 4.65. The molecule has 0 bridgehead atoms. The van der Waals surface area contributed by atoms with E-state index >= 15 is 0 Å². The minimum absolute atomic E-state index is 0.0305. The average Bonchev–Trinajstić information content (AvgIpc) is 2.69. The Hall–Kier alpha value is -1.14. The van der Waals surface area contributed by atoms with E-state index in [0.717, 1.165) is 25.7 Å². The van der Waals surface area contributed by atoms with E-state index in [0.29, 0.717) is 12.6 Å². The first-order valence-corrected chi connectivity index (χ1v) is 7.39. The first kappa shape index (κ1) is 15.3. The van der Waals surface area contributed by atoms with Crippen LogP contribution in [0.3, 0.4) is 0 Å². The van der Waals surface area contributed by atoms with Gasteiger partial charge in [-0.05, 0) is 39.8 Å². The zero-order valence-electron chi connectivity index (χ0n) is 12.6. The summed E-state index contributed by atoms with van der Waals surface area (Å²) in [6, 6.07) is 0.216. The molecule has 2 amide bonds. The van der Waals surface area contributed by atoms with Crippen molar-refractivity contribution in [1.82, 2.24) is 15.1 Å². The first-order chi connectivity index (χ1) is 9.40. The molecule has 114 valence electrons. The molecule has 0 aromatic heterocycles. The molecular formula is C14H26N4O2. The fourth-order valence-electron chi connectivity index (χ4n) is 3.44. The maximum atomic E-state index is 12.1. The lowest BCUT2D eigenvalue weighted by molar-refractivity contribution is -0.133. The third-order valence-electron chi connectivity index (χ3n) is 4.59. The number of nitrogens with one attached hydrogen (secondary N) is 1. The summed E-state index contributed by atoms with van der Waals surface area (Å²) in [5.74, 6) is 0.00371. The number of amides is 2. The Balaban J connectivity index is 2.10. The van der Waals surface area contributed by atoms with E-state index in [4.69, 9.17) is 5.73 Å². The summed E-state index contributed by atoms with van der Waals surface area (Å²) in [7, 11) is 4.12. The van der Waals surface area contributed by atoms with Crippen molar-refractivity contribution in [2.24, 2.45) is 5.73 Å². The van der Waals surface area contributed by atoms with E-state index in [1.165, 1.54) is 6.92 Å². The van der Waals surface area contributed by atoms with Crippen LogP contribution < -0.4 is 11.1 Å². The van der Waals surface area contributed by atoms with Crippen molar-refractivity contribution in [3.8, 4) is 0 Å². The highest BCUT2D eigenvalue weighted by Crippen LogP contribution is 2.28. The van der Waals surface area contributed by atoms with Crippen molar-refractivity contribution >= 4 is 11.8 Å². The van der Waals surface area contributed by atoms with E-state index in [-0.39, 0.29) is 29.9 Å². The molecule has 1 aliphatic heterocycles. The van der Waals surface area contributed by atoms with Gasteiger partial charge in [-0.2, -0.15) is 0 Å². The van der Waals surface area contributed by atoms with Crippen molar-refractivity contribution in [2.75, 3.05) is 20.6 Å². The van der Waals surface area contributed by atoms with E-state index < -0.39 is 0 Å². The predicted octanol–water partition coefficient (Wildman–Crippen LogP) is -0.467. The van der Waals surface area contributed by atoms with Gasteiger partial charge in [0.15, 0.2) is 0 Å². The Labute approximate surface area is 120 Å². The molecule has 20 heavy (non-hydrogen) atoms. The highest BCUT2D eigenvalue weighted by atomic mass is 16.2. The van der Waals surface area contributed by atoms with Crippen LogP contribution >= 0.6 is 0 Å². The lowest BCUT2D eigenvalue weighted by atomic mass is 9.85. The van der Waals surface area contributed by atoms with Gasteiger partial charge in [0, 0.05) is 19.5 Å². The van der Waals surface area contributed by atoms with Crippen LogP contribution in [0.4, 0.5) is 0 Å². The Morgan fingerprint density at radius 3 is 2.55 bits per heavy atom. The molecule has 0 radical (unpaired) electrons. The van der Waals surface area contributed by atoms with Crippen LogP contribution in [0.25, 0.3) is 0 Å². The van der Waals surface area contributed by atoms with Gasteiger partial charge in [-0.3, -0.25) is 9.59 Å². The van der Waals surface area contributed by atoms with Gasteiger partial charge in [-0.15, -0.1) is 0 Å². The quantitative estimate of drug-likeness (QED) is 0.734. The summed E-state index contributed by atoms with van der Waals surface area (Å²) in [6.07, 6.45) is 3.58. The van der Waals surface area contributed by atoms with Crippen molar-refractivity contribution in [3.63, 3.8) is 0 Å². The molecule has 2 fully saturated rings. The van der Waals surface area contributed by atoms with Gasteiger partial charge in [0.25, 0.3) is 0 Å². The maximum Gasteiger partial charge on any atom is 0.239 e. The second kappa shape index (κ2) is 6.10. The van der Waals surface area contributed by atoms with Crippen molar-refractivity contribution < 1.29 is 9.59 Å². The highest BCUT2D eigenvalue weighted by molar-refractivity contribution is 5.84. The number of carbonyl (C=O) groups excluding carboxylic acids is 2. The van der Waals surface area contributed by atoms with Crippen LogP contribution in [0.15, 0.2) is 0 Å². The predicted molar refractivity (Wildman–Crippen MR) is 77.0 cm³/mol. The lowest BCUT2D eigenvalue weighted by Gasteiger charge is -2.43. The minimum Gasteiger partial charge on any atom is -0.351 e. The van der Waals surface area contributed by atoms with Gasteiger partial charge in [0.2, 0.25) is 11.8 Å². The monoisotopic (exact) mass is 282 g/mol. The third kappa shape index (κ3) is 3.12. The summed E-state index contributed by atoms with van der Waals surface area (Å²) in [6.45, 7) is 2.25. The minimum atomic E-state index is -0.362. The Bertz CT molecular complexity index is 385. The average molecular weight is 282 g/mol. The Morgan fingerprint density at radius 1 is 1.35 bits per heavy atom. The zero-order valence-corrected chi connectivity index (χ0v) is 12.6. The van der Waals surface area contributed by atoms with Crippen LogP contribution in [-0.4, -0.2) is 66.4 Å². The molecule has 6 nitrogen and oxygen atoms in total. The summed E-state index contributed by atoms with van der Waals surface area (Å²) >= 11 is 0. The molecule has 0 spiro atoms. The van der Waals surface area contributed by atoms with Crippen LogP contribution in [-0.2, 0) is 9.59 Å². The van der Waals surface area contributed by atoms with Gasteiger partial charge in [-0.25, -0.2) is 0 Å². The first-order valence-electron chi connectivity index (χ1n) is 7.39. The van der Waals surface area contributed by atoms with Gasteiger partial charge >= 0.3 is 0 Å². The van der Waals surface area contributed by atoms with E-state index in [2.05, 4.69) is 24.3 Å². The number of hydrogen-bond donors (Lipinski definition) is 2. The maximum absolute atomic E-state index is 12.1. The molecule has 0 aromatic carbocycles. The zero-order chi connectivity index (χ0) is 14.9. The van der Waals surface area contributed by atoms with Crippen molar-refractivity contribution in [1.29, 1.82) is 0 Å². The smallest absolute Gasteiger partial charge is 0.239 e. The van der Waals surface area contributed by atoms with Gasteiger partial charge in [0.1, 0.15) is 0 Å². The molecule has 1 aliphatic carbocycles. The van der Waals surface area contributed by atoms with E-state index in [1.54, 1.807) is 0 Å². The fraction of sp³-hybridized carbons (Fsp3) is 0.857. The summed E-state index contributed by atoms with van der Waals surface area (Å²) in [4.78, 5) is 27.7. The number of hydrogen-bond acceptors (Lipinski definition) is 4. The van der Waals surface area contributed by atoms with Gasteiger partial charge in [-0.1, -0.05) is 0 Å². The number of rotatable bonds is 3. The van der Waals surface area contributed by atoms with Gasteiger partial charge < -0.3 is 20.9 Å². The van der Waals surface area contributed by atoms with Crippen LogP contribution in [0.5, 0.6) is 0 Å². The molecule has 3 N–H and O–H groups in total. The summed E-state index contributed by atoms with van der Waals surface area (Å²) in [5.41, 5.74) is 5.81. The van der Waals surface area contributed by atoms with E-state index in [1.807, 2.05) is 4.90 Å². The molecule has 6 heteroatoms. The molecule has 4 atom stereocenters. The number of likely N-dealkylation sites (tertiary alicyclic amines) is 1. The highest BCUT2D eigenvalue weighted by Gasteiger charge is 2.41. The molecule has 2 aliphatic rings. The van der Waals surface area contributed by atoms with E-state index in [9.17, 15) is 9.59 Å². The summed E-state index contributed by atoms with van der Waals surface area (Å²) < 4.78 is 0. The topological polar surface area (TPSA) is 78.7 Å². The molecule has 0 aromatic rings. The second-order valence-electron chi connectivity index (χ2n) is 6.23. The summed E-state index contributed by atoms with van der Waals surface area (Å²) in [5, 5.41) is 3.03. The third-order valence-corrected chi connectivity index (χ3v) is 4.59. The standard InChI is InChI=1S/C14H26N4O2/c1-9(19)16-12-8-10(17(2)3)4-5-13(12)18-7-6-11(15)14(18)20/h10-13H,4-8,15H2,1-3H3,(H,16,19)/t10-,11?,12-,13+/m1/s1. The molecule has 1 saturated carbocycles. The number of carbonyl (C=O) groups is 2. The Morgan fingerprint density at radius 2 is 2.05 bits per heavy atom. The molecule has 1 saturated heterocycles. The SMILES string of the molecule is CC(=O)N[C@@H]1C[C@H](N(C)C)CC[C@@H]1N1CCC(N)C1=O. The number of nitrogens with zero attached hydrogens (tertiary/aromatic N) is 2. The lowest BCUT2D eigenvalue weighted by Crippen LogP contribution is -2.57. The van der Waals surface area contributed by atoms with Crippen molar-refractivity contribution in [2.45, 2.75) is 56.8 Å². The largest absolute Gasteiger partial charge is 0.351 e. The number of nitrogens with two attached hydrogens (primary N) is 1. The molecule has 2 rings (SSSR count). The molecule has 1 unspecified atom stereocenters.